The van der Waals surface area contributed by atoms with Gasteiger partial charge in [-0.25, -0.2) is 0 Å². The number of rotatable bonds is 1. The maximum atomic E-state index is 9.05. The molecule has 60 valence electrons. The van der Waals surface area contributed by atoms with Gasteiger partial charge in [0.25, 0.3) is 0 Å². The lowest BCUT2D eigenvalue weighted by molar-refractivity contribution is 0.213. The van der Waals surface area contributed by atoms with Crippen LogP contribution in [0.3, 0.4) is 0 Å². The molecule has 0 saturated heterocycles. The fourth-order valence-corrected chi connectivity index (χ4v) is 0.946. The average molecular weight is 153 g/mol. The Balaban J connectivity index is 2.80. The van der Waals surface area contributed by atoms with Crippen molar-refractivity contribution in [2.75, 3.05) is 7.11 Å². The van der Waals surface area contributed by atoms with Crippen molar-refractivity contribution in [3.63, 3.8) is 0 Å². The zero-order valence-corrected chi connectivity index (χ0v) is 6.66. The molecule has 3 heteroatoms. The summed E-state index contributed by atoms with van der Waals surface area (Å²) in [6.45, 7) is 1.89. The summed E-state index contributed by atoms with van der Waals surface area (Å²) in [7, 11) is 1.51. The van der Waals surface area contributed by atoms with Crippen molar-refractivity contribution >= 4 is 5.71 Å². The Bertz CT molecular complexity index is 238. The number of hydrogen-bond donors (Lipinski definition) is 1. The van der Waals surface area contributed by atoms with Crippen molar-refractivity contribution < 1.29 is 9.94 Å². The fourth-order valence-electron chi connectivity index (χ4n) is 0.946. The minimum absolute atomic E-state index is 0.303. The number of allylic oxidation sites excluding steroid dienone is 3. The largest absolute Gasteiger partial charge is 0.508 e. The number of aliphatic hydroxyl groups excluding tert-OH is 1. The summed E-state index contributed by atoms with van der Waals surface area (Å²) in [5, 5.41) is 12.8. The first-order valence-electron chi connectivity index (χ1n) is 3.42. The van der Waals surface area contributed by atoms with Gasteiger partial charge in [0.15, 0.2) is 0 Å². The van der Waals surface area contributed by atoms with Gasteiger partial charge in [-0.2, -0.15) is 0 Å². The van der Waals surface area contributed by atoms with Gasteiger partial charge in [-0.15, -0.1) is 0 Å². The van der Waals surface area contributed by atoms with Crippen LogP contribution in [0.2, 0.25) is 0 Å². The van der Waals surface area contributed by atoms with Gasteiger partial charge in [0, 0.05) is 6.42 Å². The summed E-state index contributed by atoms with van der Waals surface area (Å²) < 4.78 is 0. The second-order valence-electron chi connectivity index (χ2n) is 2.38. The summed E-state index contributed by atoms with van der Waals surface area (Å²) in [5.74, 6) is 0.303. The lowest BCUT2D eigenvalue weighted by Crippen LogP contribution is -2.04. The zero-order valence-electron chi connectivity index (χ0n) is 6.66. The molecule has 0 radical (unpaired) electrons. The molecule has 0 spiro atoms. The third kappa shape index (κ3) is 1.83. The second kappa shape index (κ2) is 3.23. The lowest BCUT2D eigenvalue weighted by atomic mass is 10.0. The molecule has 0 aromatic heterocycles. The van der Waals surface area contributed by atoms with Gasteiger partial charge in [-0.05, 0) is 24.6 Å². The highest BCUT2D eigenvalue weighted by atomic mass is 16.6. The van der Waals surface area contributed by atoms with Gasteiger partial charge in [-0.3, -0.25) is 0 Å². The molecular weight excluding hydrogens is 142 g/mol. The van der Waals surface area contributed by atoms with Crippen LogP contribution in [0.1, 0.15) is 13.3 Å². The SMILES string of the molecule is CO/N=C1\CC=C(O)C=C1C. The third-order valence-corrected chi connectivity index (χ3v) is 1.53. The van der Waals surface area contributed by atoms with Crippen LogP contribution in [0.5, 0.6) is 0 Å². The quantitative estimate of drug-likeness (QED) is 0.583. The van der Waals surface area contributed by atoms with Crippen LogP contribution in [-0.4, -0.2) is 17.9 Å². The van der Waals surface area contributed by atoms with Crippen molar-refractivity contribution in [1.29, 1.82) is 0 Å². The predicted molar refractivity (Wildman–Crippen MR) is 43.5 cm³/mol. The van der Waals surface area contributed by atoms with Crippen molar-refractivity contribution in [3.05, 3.63) is 23.5 Å². The highest BCUT2D eigenvalue weighted by molar-refractivity contribution is 6.01. The van der Waals surface area contributed by atoms with Crippen molar-refractivity contribution in [2.45, 2.75) is 13.3 Å². The molecule has 1 rings (SSSR count). The summed E-state index contributed by atoms with van der Waals surface area (Å²) in [5.41, 5.74) is 1.82. The summed E-state index contributed by atoms with van der Waals surface area (Å²) in [6.07, 6.45) is 4.01. The van der Waals surface area contributed by atoms with E-state index in [9.17, 15) is 0 Å². The van der Waals surface area contributed by atoms with Crippen LogP contribution in [0.15, 0.2) is 28.6 Å². The van der Waals surface area contributed by atoms with Crippen LogP contribution in [-0.2, 0) is 4.84 Å². The molecule has 1 aliphatic carbocycles. The predicted octanol–water partition coefficient (Wildman–Crippen LogP) is 1.78. The molecule has 0 heterocycles. The van der Waals surface area contributed by atoms with Crippen molar-refractivity contribution in [2.24, 2.45) is 5.16 Å². The van der Waals surface area contributed by atoms with E-state index >= 15 is 0 Å². The van der Waals surface area contributed by atoms with Crippen molar-refractivity contribution in [3.8, 4) is 0 Å². The minimum atomic E-state index is 0.303. The highest BCUT2D eigenvalue weighted by Crippen LogP contribution is 2.12. The second-order valence-corrected chi connectivity index (χ2v) is 2.38. The molecule has 0 aromatic carbocycles. The van der Waals surface area contributed by atoms with Crippen LogP contribution in [0, 0.1) is 0 Å². The Morgan fingerprint density at radius 1 is 1.64 bits per heavy atom. The fraction of sp³-hybridized carbons (Fsp3) is 0.375. The van der Waals surface area contributed by atoms with Gasteiger partial charge in [0.2, 0.25) is 0 Å². The first-order valence-corrected chi connectivity index (χ1v) is 3.42. The Kier molecular flexibility index (Phi) is 2.31. The van der Waals surface area contributed by atoms with Gasteiger partial charge in [0.05, 0.1) is 5.71 Å². The maximum absolute atomic E-state index is 9.05. The summed E-state index contributed by atoms with van der Waals surface area (Å²) in [4.78, 5) is 4.62. The highest BCUT2D eigenvalue weighted by Gasteiger charge is 2.07. The molecular formula is C8H11NO2. The number of hydrogen-bond acceptors (Lipinski definition) is 3. The van der Waals surface area contributed by atoms with E-state index in [1.54, 1.807) is 12.2 Å². The van der Waals surface area contributed by atoms with E-state index in [1.165, 1.54) is 7.11 Å². The zero-order chi connectivity index (χ0) is 8.27. The van der Waals surface area contributed by atoms with E-state index in [1.807, 2.05) is 6.92 Å². The Morgan fingerprint density at radius 3 is 2.91 bits per heavy atom. The van der Waals surface area contributed by atoms with Crippen LogP contribution < -0.4 is 0 Å². The number of oxime groups is 1. The molecule has 0 saturated carbocycles. The smallest absolute Gasteiger partial charge is 0.112 e. The standard InChI is InChI=1S/C8H11NO2/c1-6-5-7(10)3-4-8(6)9-11-2/h3,5,10H,4H2,1-2H3/b9-8+. The van der Waals surface area contributed by atoms with Gasteiger partial charge < -0.3 is 9.94 Å². The van der Waals surface area contributed by atoms with E-state index in [0.29, 0.717) is 12.2 Å². The van der Waals surface area contributed by atoms with Gasteiger partial charge >= 0.3 is 0 Å². The minimum Gasteiger partial charge on any atom is -0.508 e. The first kappa shape index (κ1) is 7.85. The lowest BCUT2D eigenvalue weighted by Gasteiger charge is -2.07. The molecule has 0 aliphatic heterocycles. The van der Waals surface area contributed by atoms with Crippen molar-refractivity contribution in [1.82, 2.24) is 0 Å². The average Bonchev–Trinajstić information content (AvgIpc) is 1.95. The van der Waals surface area contributed by atoms with Crippen LogP contribution in [0.25, 0.3) is 0 Å². The number of aliphatic hydroxyl groups is 1. The van der Waals surface area contributed by atoms with Gasteiger partial charge in [0.1, 0.15) is 12.9 Å². The molecule has 0 amide bonds. The Labute approximate surface area is 65.7 Å². The first-order chi connectivity index (χ1) is 5.24. The van der Waals surface area contributed by atoms with E-state index in [2.05, 4.69) is 9.99 Å². The maximum Gasteiger partial charge on any atom is 0.112 e. The summed E-state index contributed by atoms with van der Waals surface area (Å²) >= 11 is 0. The van der Waals surface area contributed by atoms with E-state index in [-0.39, 0.29) is 0 Å². The van der Waals surface area contributed by atoms with Crippen LogP contribution >= 0.6 is 0 Å². The molecule has 3 nitrogen and oxygen atoms in total. The topological polar surface area (TPSA) is 41.8 Å². The van der Waals surface area contributed by atoms with Gasteiger partial charge in [-0.1, -0.05) is 5.16 Å². The van der Waals surface area contributed by atoms with E-state index < -0.39 is 0 Å². The number of nitrogens with zero attached hydrogens (tertiary/aromatic N) is 1. The van der Waals surface area contributed by atoms with Crippen LogP contribution in [0.4, 0.5) is 0 Å². The normalized spacial score (nSPS) is 21.1. The molecule has 0 aromatic rings. The molecule has 1 N–H and O–H groups in total. The molecule has 0 atom stereocenters. The molecule has 0 bridgehead atoms. The Morgan fingerprint density at radius 2 is 2.36 bits per heavy atom. The molecule has 0 fully saturated rings. The van der Waals surface area contributed by atoms with E-state index in [0.717, 1.165) is 11.3 Å². The monoisotopic (exact) mass is 153 g/mol. The molecule has 0 unspecified atom stereocenters. The Hall–Kier alpha value is -1.25. The third-order valence-electron chi connectivity index (χ3n) is 1.53. The van der Waals surface area contributed by atoms with E-state index in [4.69, 9.17) is 5.11 Å². The molecule has 1 aliphatic rings. The summed E-state index contributed by atoms with van der Waals surface area (Å²) in [6, 6.07) is 0. The molecule has 11 heavy (non-hydrogen) atoms.